The highest BCUT2D eigenvalue weighted by molar-refractivity contribution is 6.02. The Morgan fingerprint density at radius 1 is 1.10 bits per heavy atom. The molecule has 1 aliphatic heterocycles. The number of benzene rings is 1. The van der Waals surface area contributed by atoms with Crippen LogP contribution in [0.4, 0.5) is 10.5 Å². The number of aromatic nitrogens is 1. The number of carbonyl (C=O) groups excluding carboxylic acids is 2. The lowest BCUT2D eigenvalue weighted by atomic mass is 9.97. The van der Waals surface area contributed by atoms with Gasteiger partial charge in [-0.05, 0) is 57.2 Å². The fourth-order valence-electron chi connectivity index (χ4n) is 4.43. The summed E-state index contributed by atoms with van der Waals surface area (Å²) in [4.78, 5) is 29.3. The van der Waals surface area contributed by atoms with Crippen LogP contribution in [-0.2, 0) is 13.1 Å². The third kappa shape index (κ3) is 4.13. The summed E-state index contributed by atoms with van der Waals surface area (Å²) in [6.45, 7) is 7.57. The van der Waals surface area contributed by atoms with Gasteiger partial charge in [-0.25, -0.2) is 4.79 Å². The highest BCUT2D eigenvalue weighted by Crippen LogP contribution is 2.48. The quantitative estimate of drug-likeness (QED) is 0.789. The van der Waals surface area contributed by atoms with E-state index < -0.39 is 5.91 Å². The van der Waals surface area contributed by atoms with Gasteiger partial charge < -0.3 is 25.4 Å². The maximum Gasteiger partial charge on any atom is 0.318 e. The van der Waals surface area contributed by atoms with Crippen LogP contribution in [-0.4, -0.2) is 47.6 Å². The van der Waals surface area contributed by atoms with Crippen LogP contribution < -0.4 is 16.0 Å². The molecule has 1 aromatic heterocycles. The van der Waals surface area contributed by atoms with E-state index in [0.29, 0.717) is 31.1 Å². The van der Waals surface area contributed by atoms with Gasteiger partial charge in [0, 0.05) is 49.7 Å². The largest absolute Gasteiger partial charge is 0.378 e. The van der Waals surface area contributed by atoms with Gasteiger partial charge in [-0.15, -0.1) is 0 Å². The van der Waals surface area contributed by atoms with E-state index in [4.69, 9.17) is 5.73 Å². The van der Waals surface area contributed by atoms with Crippen LogP contribution in [0, 0.1) is 0 Å². The number of nitrogens with two attached hydrogens (primary N) is 1. The van der Waals surface area contributed by atoms with Crippen LogP contribution >= 0.6 is 0 Å². The summed E-state index contributed by atoms with van der Waals surface area (Å²) in [7, 11) is 4.02. The molecule has 1 aromatic carbocycles. The van der Waals surface area contributed by atoms with Crippen molar-refractivity contribution in [2.24, 2.45) is 5.73 Å². The van der Waals surface area contributed by atoms with Gasteiger partial charge in [-0.1, -0.05) is 12.1 Å². The standard InChI is InChI=1S/C24H33N5O2/c1-24(2,3)26-23(31)28-12-13-29-18(14-28)20(22(25)30)19(21(29)16-6-7-16)15-8-10-17(11-9-15)27(4)5/h8-11,16H,6-7,12-14H2,1-5H3,(H2,25,30)(H,26,31). The Kier molecular flexibility index (Phi) is 5.23. The van der Waals surface area contributed by atoms with Crippen LogP contribution in [0.15, 0.2) is 24.3 Å². The van der Waals surface area contributed by atoms with Gasteiger partial charge in [0.05, 0.1) is 17.8 Å². The number of fused-ring (bicyclic) bond motifs is 1. The SMILES string of the molecule is CN(C)c1ccc(-c2c(C(N)=O)c3n(c2C2CC2)CCN(C(=O)NC(C)(C)C)C3)cc1. The molecule has 0 radical (unpaired) electrons. The number of nitrogens with zero attached hydrogens (tertiary/aromatic N) is 3. The Morgan fingerprint density at radius 2 is 1.74 bits per heavy atom. The summed E-state index contributed by atoms with van der Waals surface area (Å²) in [5.74, 6) is 0.0192. The second-order valence-electron chi connectivity index (χ2n) is 9.92. The monoisotopic (exact) mass is 423 g/mol. The molecule has 1 saturated carbocycles. The van der Waals surface area contributed by atoms with Crippen molar-refractivity contribution in [1.29, 1.82) is 0 Å². The van der Waals surface area contributed by atoms with Crippen molar-refractivity contribution in [3.8, 4) is 11.1 Å². The average Bonchev–Trinajstić information content (AvgIpc) is 3.46. The lowest BCUT2D eigenvalue weighted by Gasteiger charge is -2.33. The number of rotatable bonds is 4. The van der Waals surface area contributed by atoms with Gasteiger partial charge in [0.15, 0.2) is 0 Å². The van der Waals surface area contributed by atoms with Gasteiger partial charge in [0.25, 0.3) is 5.91 Å². The molecule has 2 aliphatic rings. The minimum atomic E-state index is -0.430. The third-order valence-electron chi connectivity index (χ3n) is 6.00. The van der Waals surface area contributed by atoms with E-state index in [1.54, 1.807) is 4.90 Å². The van der Waals surface area contributed by atoms with Gasteiger partial charge in [0.2, 0.25) is 0 Å². The topological polar surface area (TPSA) is 83.6 Å². The fraction of sp³-hybridized carbons (Fsp3) is 0.500. The summed E-state index contributed by atoms with van der Waals surface area (Å²) in [6, 6.07) is 8.16. The molecule has 166 valence electrons. The zero-order valence-corrected chi connectivity index (χ0v) is 19.2. The van der Waals surface area contributed by atoms with Gasteiger partial charge in [0.1, 0.15) is 0 Å². The molecule has 7 heteroatoms. The average molecular weight is 424 g/mol. The number of carbonyl (C=O) groups is 2. The Hall–Kier alpha value is -2.96. The molecule has 1 aliphatic carbocycles. The summed E-state index contributed by atoms with van der Waals surface area (Å²) in [5.41, 5.74) is 11.3. The van der Waals surface area contributed by atoms with Crippen molar-refractivity contribution in [3.05, 3.63) is 41.2 Å². The number of amides is 3. The minimum absolute atomic E-state index is 0.111. The first kappa shape index (κ1) is 21.3. The Morgan fingerprint density at radius 3 is 2.26 bits per heavy atom. The van der Waals surface area contributed by atoms with E-state index in [0.717, 1.165) is 35.3 Å². The van der Waals surface area contributed by atoms with Gasteiger partial charge in [-0.3, -0.25) is 4.79 Å². The normalized spacial score (nSPS) is 16.1. The number of hydrogen-bond donors (Lipinski definition) is 2. The molecule has 0 saturated heterocycles. The van der Waals surface area contributed by atoms with Crippen molar-refractivity contribution in [2.45, 2.75) is 58.2 Å². The van der Waals surface area contributed by atoms with E-state index >= 15 is 0 Å². The Balaban J connectivity index is 1.79. The molecule has 2 aromatic rings. The van der Waals surface area contributed by atoms with Crippen LogP contribution in [0.25, 0.3) is 11.1 Å². The van der Waals surface area contributed by atoms with Crippen molar-refractivity contribution in [3.63, 3.8) is 0 Å². The van der Waals surface area contributed by atoms with E-state index in [2.05, 4.69) is 39.0 Å². The summed E-state index contributed by atoms with van der Waals surface area (Å²) in [6.07, 6.45) is 2.25. The van der Waals surface area contributed by atoms with Crippen molar-refractivity contribution < 1.29 is 9.59 Å². The highest BCUT2D eigenvalue weighted by atomic mass is 16.2. The molecular formula is C24H33N5O2. The second-order valence-corrected chi connectivity index (χ2v) is 9.92. The third-order valence-corrected chi connectivity index (χ3v) is 6.00. The molecule has 31 heavy (non-hydrogen) atoms. The van der Waals surface area contributed by atoms with E-state index in [-0.39, 0.29) is 11.6 Å². The minimum Gasteiger partial charge on any atom is -0.378 e. The number of anilines is 1. The summed E-state index contributed by atoms with van der Waals surface area (Å²) >= 11 is 0. The molecule has 2 heterocycles. The number of urea groups is 1. The highest BCUT2D eigenvalue weighted by Gasteiger charge is 2.38. The summed E-state index contributed by atoms with van der Waals surface area (Å²) < 4.78 is 2.26. The molecule has 1 fully saturated rings. The predicted octanol–water partition coefficient (Wildman–Crippen LogP) is 3.52. The van der Waals surface area contributed by atoms with Crippen molar-refractivity contribution >= 4 is 17.6 Å². The lowest BCUT2D eigenvalue weighted by Crippen LogP contribution is -2.50. The molecule has 0 bridgehead atoms. The van der Waals surface area contributed by atoms with Crippen molar-refractivity contribution in [2.75, 3.05) is 25.5 Å². The number of hydrogen-bond acceptors (Lipinski definition) is 3. The maximum atomic E-state index is 12.8. The first-order valence-electron chi connectivity index (χ1n) is 11.0. The first-order valence-corrected chi connectivity index (χ1v) is 11.0. The molecule has 0 unspecified atom stereocenters. The van der Waals surface area contributed by atoms with E-state index in [1.807, 2.05) is 34.9 Å². The fourth-order valence-corrected chi connectivity index (χ4v) is 4.43. The molecule has 0 spiro atoms. The second kappa shape index (κ2) is 7.62. The molecule has 3 N–H and O–H groups in total. The van der Waals surface area contributed by atoms with E-state index in [1.165, 1.54) is 5.69 Å². The summed E-state index contributed by atoms with van der Waals surface area (Å²) in [5, 5.41) is 3.03. The zero-order valence-electron chi connectivity index (χ0n) is 19.2. The molecular weight excluding hydrogens is 390 g/mol. The smallest absolute Gasteiger partial charge is 0.318 e. The number of nitrogens with one attached hydrogen (secondary N) is 1. The zero-order chi connectivity index (χ0) is 22.5. The van der Waals surface area contributed by atoms with Crippen LogP contribution in [0.2, 0.25) is 0 Å². The predicted molar refractivity (Wildman–Crippen MR) is 123 cm³/mol. The molecule has 3 amide bonds. The van der Waals surface area contributed by atoms with E-state index in [9.17, 15) is 9.59 Å². The van der Waals surface area contributed by atoms with Gasteiger partial charge in [-0.2, -0.15) is 0 Å². The van der Waals surface area contributed by atoms with Crippen molar-refractivity contribution in [1.82, 2.24) is 14.8 Å². The van der Waals surface area contributed by atoms with Gasteiger partial charge >= 0.3 is 6.03 Å². The molecule has 7 nitrogen and oxygen atoms in total. The Labute approximate surface area is 184 Å². The molecule has 4 rings (SSSR count). The van der Waals surface area contributed by atoms with Crippen LogP contribution in [0.5, 0.6) is 0 Å². The Bertz CT molecular complexity index is 1010. The van der Waals surface area contributed by atoms with Crippen LogP contribution in [0.1, 0.15) is 61.3 Å². The van der Waals surface area contributed by atoms with Crippen LogP contribution in [0.3, 0.4) is 0 Å². The first-order chi connectivity index (χ1) is 14.6. The lowest BCUT2D eigenvalue weighted by molar-refractivity contribution is 0.0997. The number of primary amides is 1. The maximum absolute atomic E-state index is 12.8. The molecule has 0 atom stereocenters.